The topological polar surface area (TPSA) is 30.2 Å². The van der Waals surface area contributed by atoms with Crippen molar-refractivity contribution in [1.82, 2.24) is 0 Å². The van der Waals surface area contributed by atoms with E-state index in [1.807, 2.05) is 27.7 Å². The molecule has 84 valence electrons. The van der Waals surface area contributed by atoms with Gasteiger partial charge in [0.15, 0.2) is 0 Å². The molecular formula is C14H16O2. The van der Waals surface area contributed by atoms with Crippen molar-refractivity contribution in [3.05, 3.63) is 44.3 Å². The summed E-state index contributed by atoms with van der Waals surface area (Å²) in [7, 11) is 0. The lowest BCUT2D eigenvalue weighted by atomic mass is 9.97. The van der Waals surface area contributed by atoms with Crippen molar-refractivity contribution >= 4 is 11.0 Å². The van der Waals surface area contributed by atoms with Gasteiger partial charge in [0, 0.05) is 10.9 Å². The average Bonchev–Trinajstić information content (AvgIpc) is 2.22. The Balaban J connectivity index is 3.13. The smallest absolute Gasteiger partial charge is 0.339 e. The monoisotopic (exact) mass is 216 g/mol. The zero-order valence-electron chi connectivity index (χ0n) is 10.4. The zero-order chi connectivity index (χ0) is 12.0. The molecule has 2 heteroatoms. The average molecular weight is 216 g/mol. The second-order valence-electron chi connectivity index (χ2n) is 4.48. The molecule has 0 aliphatic carbocycles. The van der Waals surface area contributed by atoms with Crippen molar-refractivity contribution in [2.24, 2.45) is 0 Å². The number of aryl methyl sites for hydroxylation is 4. The Bertz CT molecular complexity index is 633. The second-order valence-corrected chi connectivity index (χ2v) is 4.48. The zero-order valence-corrected chi connectivity index (χ0v) is 10.4. The highest BCUT2D eigenvalue weighted by molar-refractivity contribution is 5.87. The highest BCUT2D eigenvalue weighted by Crippen LogP contribution is 2.27. The predicted octanol–water partition coefficient (Wildman–Crippen LogP) is 3.34. The van der Waals surface area contributed by atoms with Crippen LogP contribution in [0.2, 0.25) is 0 Å². The quantitative estimate of drug-likeness (QED) is 0.632. The van der Waals surface area contributed by atoms with Gasteiger partial charge in [-0.25, -0.2) is 4.79 Å². The number of hydrogen-bond acceptors (Lipinski definition) is 2. The van der Waals surface area contributed by atoms with Gasteiger partial charge in [0.2, 0.25) is 0 Å². The van der Waals surface area contributed by atoms with Crippen molar-refractivity contribution in [1.29, 1.82) is 0 Å². The Hall–Kier alpha value is -1.57. The summed E-state index contributed by atoms with van der Waals surface area (Å²) >= 11 is 0. The van der Waals surface area contributed by atoms with E-state index in [-0.39, 0.29) is 5.63 Å². The van der Waals surface area contributed by atoms with Gasteiger partial charge in [0.1, 0.15) is 5.58 Å². The third-order valence-electron chi connectivity index (χ3n) is 3.42. The van der Waals surface area contributed by atoms with E-state index in [2.05, 4.69) is 13.0 Å². The minimum Gasteiger partial charge on any atom is -0.422 e. The molecule has 0 aliphatic rings. The van der Waals surface area contributed by atoms with Gasteiger partial charge < -0.3 is 4.42 Å². The normalized spacial score (nSPS) is 11.1. The Morgan fingerprint density at radius 1 is 0.875 bits per heavy atom. The number of benzene rings is 1. The molecule has 0 amide bonds. The van der Waals surface area contributed by atoms with Crippen molar-refractivity contribution < 1.29 is 4.42 Å². The fraction of sp³-hybridized carbons (Fsp3) is 0.357. The molecule has 1 heterocycles. The van der Waals surface area contributed by atoms with Crippen molar-refractivity contribution in [2.45, 2.75) is 34.6 Å². The first kappa shape index (κ1) is 10.9. The van der Waals surface area contributed by atoms with Crippen LogP contribution >= 0.6 is 0 Å². The molecular weight excluding hydrogens is 200 g/mol. The SMILES string of the molecule is Cc1cc(C)c2c(C)c(C)c(=O)oc2c1C. The van der Waals surface area contributed by atoms with Crippen molar-refractivity contribution in [3.63, 3.8) is 0 Å². The maximum atomic E-state index is 11.7. The molecule has 2 aromatic rings. The first-order chi connectivity index (χ1) is 7.43. The molecule has 1 aromatic heterocycles. The molecule has 0 atom stereocenters. The molecule has 1 aromatic carbocycles. The summed E-state index contributed by atoms with van der Waals surface area (Å²) in [4.78, 5) is 11.7. The third kappa shape index (κ3) is 1.37. The molecule has 0 N–H and O–H groups in total. The first-order valence-corrected chi connectivity index (χ1v) is 5.44. The number of rotatable bonds is 0. The molecule has 2 nitrogen and oxygen atoms in total. The molecule has 0 unspecified atom stereocenters. The van der Waals surface area contributed by atoms with Crippen LogP contribution in [0.15, 0.2) is 15.3 Å². The van der Waals surface area contributed by atoms with Crippen LogP contribution in [0.5, 0.6) is 0 Å². The van der Waals surface area contributed by atoms with Gasteiger partial charge in [-0.15, -0.1) is 0 Å². The summed E-state index contributed by atoms with van der Waals surface area (Å²) in [5, 5.41) is 1.08. The maximum absolute atomic E-state index is 11.7. The lowest BCUT2D eigenvalue weighted by Gasteiger charge is -2.11. The summed E-state index contributed by atoms with van der Waals surface area (Å²) in [5.74, 6) is 0. The van der Waals surface area contributed by atoms with Crippen LogP contribution < -0.4 is 5.63 Å². The fourth-order valence-corrected chi connectivity index (χ4v) is 2.15. The molecule has 0 saturated carbocycles. The summed E-state index contributed by atoms with van der Waals surface area (Å²) < 4.78 is 5.41. The van der Waals surface area contributed by atoms with Crippen LogP contribution in [-0.2, 0) is 0 Å². The highest BCUT2D eigenvalue weighted by atomic mass is 16.4. The molecule has 0 fully saturated rings. The van der Waals surface area contributed by atoms with Crippen molar-refractivity contribution in [3.8, 4) is 0 Å². The van der Waals surface area contributed by atoms with E-state index in [4.69, 9.17) is 4.42 Å². The Morgan fingerprint density at radius 3 is 2.12 bits per heavy atom. The van der Waals surface area contributed by atoms with E-state index >= 15 is 0 Å². The molecule has 0 radical (unpaired) electrons. The molecule has 0 aliphatic heterocycles. The van der Waals surface area contributed by atoms with Crippen LogP contribution in [0.1, 0.15) is 27.8 Å². The van der Waals surface area contributed by atoms with Gasteiger partial charge in [0.25, 0.3) is 0 Å². The predicted molar refractivity (Wildman–Crippen MR) is 66.2 cm³/mol. The minimum atomic E-state index is -0.224. The number of hydrogen-bond donors (Lipinski definition) is 0. The fourth-order valence-electron chi connectivity index (χ4n) is 2.15. The summed E-state index contributed by atoms with van der Waals surface area (Å²) in [6, 6.07) is 2.14. The van der Waals surface area contributed by atoms with Crippen LogP contribution in [0, 0.1) is 34.6 Å². The molecule has 0 bridgehead atoms. The Labute approximate surface area is 94.9 Å². The summed E-state index contributed by atoms with van der Waals surface area (Å²) in [6.07, 6.45) is 0. The molecule has 2 rings (SSSR count). The van der Waals surface area contributed by atoms with Gasteiger partial charge in [-0.05, 0) is 56.9 Å². The Morgan fingerprint density at radius 2 is 1.50 bits per heavy atom. The first-order valence-electron chi connectivity index (χ1n) is 5.44. The van der Waals surface area contributed by atoms with Gasteiger partial charge in [-0.3, -0.25) is 0 Å². The largest absolute Gasteiger partial charge is 0.422 e. The molecule has 0 saturated heterocycles. The van der Waals surface area contributed by atoms with E-state index in [1.54, 1.807) is 0 Å². The third-order valence-corrected chi connectivity index (χ3v) is 3.42. The van der Waals surface area contributed by atoms with Gasteiger partial charge in [0.05, 0.1) is 0 Å². The van der Waals surface area contributed by atoms with Crippen molar-refractivity contribution in [2.75, 3.05) is 0 Å². The van der Waals surface area contributed by atoms with E-state index in [0.717, 1.165) is 27.7 Å². The van der Waals surface area contributed by atoms with E-state index < -0.39 is 0 Å². The lowest BCUT2D eigenvalue weighted by Crippen LogP contribution is -2.07. The minimum absolute atomic E-state index is 0.224. The summed E-state index contributed by atoms with van der Waals surface area (Å²) in [5.41, 5.74) is 5.65. The van der Waals surface area contributed by atoms with Gasteiger partial charge >= 0.3 is 5.63 Å². The van der Waals surface area contributed by atoms with Gasteiger partial charge in [-0.2, -0.15) is 0 Å². The van der Waals surface area contributed by atoms with Crippen LogP contribution in [0.4, 0.5) is 0 Å². The van der Waals surface area contributed by atoms with Crippen LogP contribution in [0.25, 0.3) is 11.0 Å². The van der Waals surface area contributed by atoms with E-state index in [0.29, 0.717) is 5.56 Å². The second kappa shape index (κ2) is 3.48. The standard InChI is InChI=1S/C14H16O2/c1-7-6-8(2)12-10(4)11(5)14(15)16-13(12)9(7)3/h6H,1-5H3. The maximum Gasteiger partial charge on any atom is 0.339 e. The molecule has 0 spiro atoms. The highest BCUT2D eigenvalue weighted by Gasteiger charge is 2.12. The van der Waals surface area contributed by atoms with Gasteiger partial charge in [-0.1, -0.05) is 6.07 Å². The van der Waals surface area contributed by atoms with Crippen LogP contribution in [-0.4, -0.2) is 0 Å². The number of fused-ring (bicyclic) bond motifs is 1. The molecule has 16 heavy (non-hydrogen) atoms. The Kier molecular flexibility index (Phi) is 2.38. The lowest BCUT2D eigenvalue weighted by molar-refractivity contribution is 0.551. The summed E-state index contributed by atoms with van der Waals surface area (Å²) in [6.45, 7) is 9.89. The van der Waals surface area contributed by atoms with E-state index in [1.165, 1.54) is 5.56 Å². The van der Waals surface area contributed by atoms with Crippen LogP contribution in [0.3, 0.4) is 0 Å². The van der Waals surface area contributed by atoms with E-state index in [9.17, 15) is 4.79 Å².